The predicted octanol–water partition coefficient (Wildman–Crippen LogP) is 3.82. The van der Waals surface area contributed by atoms with Crippen LogP contribution in [0.3, 0.4) is 0 Å². The number of likely N-dealkylation sites (tertiary alicyclic amines) is 1. The Balaban J connectivity index is 1.60. The fraction of sp³-hybridized carbons (Fsp3) is 0.316. The van der Waals surface area contributed by atoms with E-state index in [1.807, 2.05) is 6.07 Å². The lowest BCUT2D eigenvalue weighted by molar-refractivity contribution is -0.121. The van der Waals surface area contributed by atoms with Crippen molar-refractivity contribution in [2.75, 3.05) is 18.4 Å². The number of hydrogen-bond acceptors (Lipinski definition) is 2. The molecule has 0 spiro atoms. The molecule has 5 heteroatoms. The summed E-state index contributed by atoms with van der Waals surface area (Å²) in [7, 11) is 0. The number of anilines is 1. The van der Waals surface area contributed by atoms with Gasteiger partial charge in [-0.05, 0) is 43.7 Å². The molecule has 0 bridgehead atoms. The van der Waals surface area contributed by atoms with Gasteiger partial charge in [0.1, 0.15) is 11.6 Å². The molecular weight excluding hydrogens is 310 g/mol. The topological polar surface area (TPSA) is 32.3 Å². The van der Waals surface area contributed by atoms with Crippen LogP contribution < -0.4 is 5.32 Å². The molecule has 1 saturated heterocycles. The average Bonchev–Trinajstić information content (AvgIpc) is 2.57. The standard InChI is InChI=1S/C19H20F2N2O/c20-16-7-3-8-17(11-16)22-19(24)15-6-4-10-23(13-15)12-14-5-1-2-9-18(14)21/h1-3,5,7-9,11,15H,4,6,10,12-13H2,(H,22,24). The zero-order chi connectivity index (χ0) is 16.9. The molecule has 0 aliphatic carbocycles. The molecule has 1 fully saturated rings. The van der Waals surface area contributed by atoms with Crippen LogP contribution in [0.5, 0.6) is 0 Å². The van der Waals surface area contributed by atoms with E-state index in [2.05, 4.69) is 10.2 Å². The van der Waals surface area contributed by atoms with Crippen molar-refractivity contribution in [2.24, 2.45) is 5.92 Å². The van der Waals surface area contributed by atoms with Crippen molar-refractivity contribution in [1.82, 2.24) is 4.90 Å². The van der Waals surface area contributed by atoms with Crippen molar-refractivity contribution >= 4 is 11.6 Å². The fourth-order valence-electron chi connectivity index (χ4n) is 3.09. The van der Waals surface area contributed by atoms with Gasteiger partial charge in [-0.15, -0.1) is 0 Å². The maximum absolute atomic E-state index is 13.8. The van der Waals surface area contributed by atoms with Gasteiger partial charge in [0.15, 0.2) is 0 Å². The molecule has 1 atom stereocenters. The molecule has 0 aromatic heterocycles. The molecule has 1 aliphatic rings. The maximum atomic E-state index is 13.8. The van der Waals surface area contributed by atoms with Gasteiger partial charge in [-0.3, -0.25) is 9.69 Å². The second-order valence-corrected chi connectivity index (χ2v) is 6.17. The minimum absolute atomic E-state index is 0.112. The molecule has 3 rings (SSSR count). The number of rotatable bonds is 4. The first-order valence-electron chi connectivity index (χ1n) is 8.14. The Bertz CT molecular complexity index is 720. The van der Waals surface area contributed by atoms with E-state index >= 15 is 0 Å². The van der Waals surface area contributed by atoms with Gasteiger partial charge in [0.25, 0.3) is 0 Å². The first-order chi connectivity index (χ1) is 11.6. The lowest BCUT2D eigenvalue weighted by Crippen LogP contribution is -2.40. The highest BCUT2D eigenvalue weighted by atomic mass is 19.1. The monoisotopic (exact) mass is 330 g/mol. The molecular formula is C19H20F2N2O. The molecule has 126 valence electrons. The summed E-state index contributed by atoms with van der Waals surface area (Å²) in [5, 5.41) is 2.77. The molecule has 1 unspecified atom stereocenters. The van der Waals surface area contributed by atoms with Crippen LogP contribution in [0, 0.1) is 17.6 Å². The van der Waals surface area contributed by atoms with Crippen molar-refractivity contribution in [3.8, 4) is 0 Å². The van der Waals surface area contributed by atoms with Crippen LogP contribution >= 0.6 is 0 Å². The van der Waals surface area contributed by atoms with Crippen LogP contribution in [0.25, 0.3) is 0 Å². The summed E-state index contributed by atoms with van der Waals surface area (Å²) in [6.45, 7) is 1.92. The molecule has 1 heterocycles. The normalized spacial score (nSPS) is 18.3. The van der Waals surface area contributed by atoms with Crippen LogP contribution in [0.1, 0.15) is 18.4 Å². The number of nitrogens with zero attached hydrogens (tertiary/aromatic N) is 1. The van der Waals surface area contributed by atoms with Gasteiger partial charge in [-0.1, -0.05) is 24.3 Å². The maximum Gasteiger partial charge on any atom is 0.228 e. The number of piperidine rings is 1. The summed E-state index contributed by atoms with van der Waals surface area (Å²) < 4.78 is 27.0. The molecule has 24 heavy (non-hydrogen) atoms. The largest absolute Gasteiger partial charge is 0.326 e. The third-order valence-electron chi connectivity index (χ3n) is 4.32. The summed E-state index contributed by atoms with van der Waals surface area (Å²) in [4.78, 5) is 14.5. The van der Waals surface area contributed by atoms with Gasteiger partial charge in [0, 0.05) is 24.3 Å². The SMILES string of the molecule is O=C(Nc1cccc(F)c1)C1CCCN(Cc2ccccc2F)C1. The van der Waals surface area contributed by atoms with E-state index in [0.717, 1.165) is 19.4 Å². The second kappa shape index (κ2) is 7.53. The van der Waals surface area contributed by atoms with E-state index in [1.54, 1.807) is 24.3 Å². The van der Waals surface area contributed by atoms with Gasteiger partial charge in [-0.25, -0.2) is 8.78 Å². The highest BCUT2D eigenvalue weighted by molar-refractivity contribution is 5.92. The van der Waals surface area contributed by atoms with Crippen molar-refractivity contribution in [1.29, 1.82) is 0 Å². The number of carbonyl (C=O) groups is 1. The van der Waals surface area contributed by atoms with E-state index in [-0.39, 0.29) is 23.5 Å². The zero-order valence-electron chi connectivity index (χ0n) is 13.3. The molecule has 3 nitrogen and oxygen atoms in total. The number of halogens is 2. The zero-order valence-corrected chi connectivity index (χ0v) is 13.3. The fourth-order valence-corrected chi connectivity index (χ4v) is 3.09. The van der Waals surface area contributed by atoms with E-state index in [4.69, 9.17) is 0 Å². The Morgan fingerprint density at radius 2 is 2.00 bits per heavy atom. The highest BCUT2D eigenvalue weighted by Gasteiger charge is 2.26. The lowest BCUT2D eigenvalue weighted by atomic mass is 9.96. The molecule has 1 amide bonds. The first-order valence-corrected chi connectivity index (χ1v) is 8.14. The first kappa shape index (κ1) is 16.6. The van der Waals surface area contributed by atoms with Crippen molar-refractivity contribution in [3.63, 3.8) is 0 Å². The molecule has 1 aliphatic heterocycles. The molecule has 1 N–H and O–H groups in total. The Hall–Kier alpha value is -2.27. The molecule has 2 aromatic carbocycles. The minimum Gasteiger partial charge on any atom is -0.326 e. The minimum atomic E-state index is -0.377. The predicted molar refractivity (Wildman–Crippen MR) is 89.4 cm³/mol. The van der Waals surface area contributed by atoms with Crippen LogP contribution in [-0.4, -0.2) is 23.9 Å². The highest BCUT2D eigenvalue weighted by Crippen LogP contribution is 2.21. The van der Waals surface area contributed by atoms with Crippen LogP contribution in [0.2, 0.25) is 0 Å². The summed E-state index contributed by atoms with van der Waals surface area (Å²) in [6, 6.07) is 12.6. The van der Waals surface area contributed by atoms with Crippen molar-refractivity contribution < 1.29 is 13.6 Å². The molecule has 0 radical (unpaired) electrons. The van der Waals surface area contributed by atoms with E-state index < -0.39 is 0 Å². The third kappa shape index (κ3) is 4.17. The molecule has 0 saturated carbocycles. The van der Waals surface area contributed by atoms with Crippen LogP contribution in [-0.2, 0) is 11.3 Å². The van der Waals surface area contributed by atoms with E-state index in [9.17, 15) is 13.6 Å². The Morgan fingerprint density at radius 3 is 2.79 bits per heavy atom. The van der Waals surface area contributed by atoms with Gasteiger partial charge >= 0.3 is 0 Å². The van der Waals surface area contributed by atoms with Gasteiger partial charge in [0.2, 0.25) is 5.91 Å². The number of nitrogens with one attached hydrogen (secondary N) is 1. The number of amides is 1. The third-order valence-corrected chi connectivity index (χ3v) is 4.32. The van der Waals surface area contributed by atoms with Gasteiger partial charge in [0.05, 0.1) is 5.92 Å². The Morgan fingerprint density at radius 1 is 1.17 bits per heavy atom. The summed E-state index contributed by atoms with van der Waals surface area (Å²) in [6.07, 6.45) is 1.67. The average molecular weight is 330 g/mol. The van der Waals surface area contributed by atoms with Crippen molar-refractivity contribution in [2.45, 2.75) is 19.4 Å². The number of hydrogen-bond donors (Lipinski definition) is 1. The van der Waals surface area contributed by atoms with E-state index in [0.29, 0.717) is 24.3 Å². The molecule has 2 aromatic rings. The van der Waals surface area contributed by atoms with Crippen LogP contribution in [0.4, 0.5) is 14.5 Å². The summed E-state index contributed by atoms with van der Waals surface area (Å²) in [5.41, 5.74) is 1.11. The number of carbonyl (C=O) groups excluding carboxylic acids is 1. The van der Waals surface area contributed by atoms with Crippen LogP contribution in [0.15, 0.2) is 48.5 Å². The van der Waals surface area contributed by atoms with Crippen molar-refractivity contribution in [3.05, 3.63) is 65.7 Å². The summed E-state index contributed by atoms with van der Waals surface area (Å²) >= 11 is 0. The van der Waals surface area contributed by atoms with Gasteiger partial charge < -0.3 is 5.32 Å². The quantitative estimate of drug-likeness (QED) is 0.924. The number of benzene rings is 2. The summed E-state index contributed by atoms with van der Waals surface area (Å²) in [5.74, 6) is -0.880. The Labute approximate surface area is 140 Å². The Kier molecular flexibility index (Phi) is 5.20. The second-order valence-electron chi connectivity index (χ2n) is 6.17. The van der Waals surface area contributed by atoms with E-state index in [1.165, 1.54) is 18.2 Å². The van der Waals surface area contributed by atoms with Gasteiger partial charge in [-0.2, -0.15) is 0 Å². The smallest absolute Gasteiger partial charge is 0.228 e. The lowest BCUT2D eigenvalue weighted by Gasteiger charge is -2.32.